The van der Waals surface area contributed by atoms with E-state index >= 15 is 0 Å². The molecule has 1 rings (SSSR count). The number of nitrogens with zero attached hydrogens (tertiary/aromatic N) is 1. The summed E-state index contributed by atoms with van der Waals surface area (Å²) in [5, 5.41) is 21.3. The Morgan fingerprint density at radius 1 is 1.22 bits per heavy atom. The molecule has 0 aromatic carbocycles. The van der Waals surface area contributed by atoms with Crippen LogP contribution in [0.3, 0.4) is 0 Å². The third kappa shape index (κ3) is 6.14. The minimum absolute atomic E-state index is 0.210. The van der Waals surface area contributed by atoms with Gasteiger partial charge in [-0.15, -0.1) is 0 Å². The molecule has 0 amide bonds. The van der Waals surface area contributed by atoms with E-state index in [0.717, 1.165) is 32.5 Å². The number of hydrogen-bond donors (Lipinski definition) is 3. The normalized spacial score (nSPS) is 25.8. The van der Waals surface area contributed by atoms with E-state index in [0.29, 0.717) is 31.0 Å². The molecule has 0 aliphatic carbocycles. The minimum Gasteiger partial charge on any atom is -0.396 e. The van der Waals surface area contributed by atoms with Crippen molar-refractivity contribution in [1.82, 2.24) is 10.2 Å². The van der Waals surface area contributed by atoms with Gasteiger partial charge < -0.3 is 20.4 Å². The molecule has 1 fully saturated rings. The van der Waals surface area contributed by atoms with Crippen molar-refractivity contribution in [1.29, 1.82) is 0 Å². The van der Waals surface area contributed by atoms with Gasteiger partial charge in [-0.25, -0.2) is 0 Å². The first-order valence-electron chi connectivity index (χ1n) is 7.33. The molecule has 18 heavy (non-hydrogen) atoms. The van der Waals surface area contributed by atoms with Crippen molar-refractivity contribution >= 4 is 0 Å². The molecule has 2 unspecified atom stereocenters. The monoisotopic (exact) mass is 258 g/mol. The van der Waals surface area contributed by atoms with Gasteiger partial charge >= 0.3 is 0 Å². The Labute approximate surface area is 111 Å². The van der Waals surface area contributed by atoms with Gasteiger partial charge in [-0.2, -0.15) is 0 Å². The smallest absolute Gasteiger partial charge is 0.0556 e. The zero-order chi connectivity index (χ0) is 13.4. The molecule has 1 saturated heterocycles. The third-order valence-corrected chi connectivity index (χ3v) is 3.55. The lowest BCUT2D eigenvalue weighted by Gasteiger charge is -2.39. The van der Waals surface area contributed by atoms with Crippen molar-refractivity contribution in [3.63, 3.8) is 0 Å². The molecule has 0 radical (unpaired) electrons. The number of rotatable bonds is 8. The van der Waals surface area contributed by atoms with Gasteiger partial charge in [0.05, 0.1) is 6.61 Å². The van der Waals surface area contributed by atoms with Crippen LogP contribution in [0, 0.1) is 11.8 Å². The van der Waals surface area contributed by atoms with E-state index in [9.17, 15) is 0 Å². The maximum Gasteiger partial charge on any atom is 0.0556 e. The fourth-order valence-corrected chi connectivity index (χ4v) is 2.97. The van der Waals surface area contributed by atoms with Gasteiger partial charge in [0.25, 0.3) is 0 Å². The van der Waals surface area contributed by atoms with Crippen LogP contribution in [0.1, 0.15) is 33.1 Å². The van der Waals surface area contributed by atoms with Crippen LogP contribution < -0.4 is 5.32 Å². The summed E-state index contributed by atoms with van der Waals surface area (Å²) in [5.74, 6) is 1.38. The van der Waals surface area contributed by atoms with Gasteiger partial charge in [0.15, 0.2) is 0 Å². The van der Waals surface area contributed by atoms with Gasteiger partial charge in [0.1, 0.15) is 0 Å². The molecule has 2 atom stereocenters. The van der Waals surface area contributed by atoms with Crippen molar-refractivity contribution in [2.75, 3.05) is 39.4 Å². The van der Waals surface area contributed by atoms with Crippen molar-refractivity contribution in [2.24, 2.45) is 11.8 Å². The summed E-state index contributed by atoms with van der Waals surface area (Å²) in [4.78, 5) is 2.53. The standard InChI is InChI=1S/C14H30N2O2/c1-12(2)9-16-10-13(4-3-6-17)8-14(11-16)15-5-7-18/h12-15,17-18H,3-11H2,1-2H3. The Kier molecular flexibility index (Phi) is 7.82. The quantitative estimate of drug-likeness (QED) is 0.599. The topological polar surface area (TPSA) is 55.7 Å². The van der Waals surface area contributed by atoms with E-state index in [1.54, 1.807) is 0 Å². The lowest BCUT2D eigenvalue weighted by atomic mass is 9.90. The summed E-state index contributed by atoms with van der Waals surface area (Å²) in [7, 11) is 0. The summed E-state index contributed by atoms with van der Waals surface area (Å²) in [6.07, 6.45) is 3.20. The van der Waals surface area contributed by atoms with E-state index in [4.69, 9.17) is 10.2 Å². The number of nitrogens with one attached hydrogen (secondary N) is 1. The van der Waals surface area contributed by atoms with E-state index in [1.165, 1.54) is 6.42 Å². The Morgan fingerprint density at radius 3 is 2.61 bits per heavy atom. The van der Waals surface area contributed by atoms with Crippen LogP contribution in [-0.2, 0) is 0 Å². The number of aliphatic hydroxyl groups excluding tert-OH is 2. The zero-order valence-corrected chi connectivity index (χ0v) is 11.9. The number of piperidine rings is 1. The molecule has 4 nitrogen and oxygen atoms in total. The van der Waals surface area contributed by atoms with Crippen molar-refractivity contribution in [2.45, 2.75) is 39.2 Å². The van der Waals surface area contributed by atoms with Crippen molar-refractivity contribution in [3.8, 4) is 0 Å². The van der Waals surface area contributed by atoms with Gasteiger partial charge in [-0.3, -0.25) is 0 Å². The predicted molar refractivity (Wildman–Crippen MR) is 74.6 cm³/mol. The SMILES string of the molecule is CC(C)CN1CC(CCCO)CC(NCCO)C1. The third-order valence-electron chi connectivity index (χ3n) is 3.55. The molecule has 108 valence electrons. The van der Waals surface area contributed by atoms with E-state index in [2.05, 4.69) is 24.1 Å². The van der Waals surface area contributed by atoms with Crippen molar-refractivity contribution in [3.05, 3.63) is 0 Å². The minimum atomic E-state index is 0.210. The number of likely N-dealkylation sites (tertiary alicyclic amines) is 1. The Bertz CT molecular complexity index is 196. The summed E-state index contributed by atoms with van der Waals surface area (Å²) >= 11 is 0. The summed E-state index contributed by atoms with van der Waals surface area (Å²) in [6, 6.07) is 0.494. The highest BCUT2D eigenvalue weighted by atomic mass is 16.3. The van der Waals surface area contributed by atoms with Gasteiger partial charge in [0, 0.05) is 38.8 Å². The van der Waals surface area contributed by atoms with Crippen molar-refractivity contribution < 1.29 is 10.2 Å². The molecule has 0 spiro atoms. The predicted octanol–water partition coefficient (Wildman–Crippen LogP) is 0.687. The summed E-state index contributed by atoms with van der Waals surface area (Å²) in [5.41, 5.74) is 0. The molecule has 0 saturated carbocycles. The molecule has 0 aromatic rings. The first-order chi connectivity index (χ1) is 8.65. The average molecular weight is 258 g/mol. The van der Waals surface area contributed by atoms with Crippen LogP contribution in [-0.4, -0.2) is 60.5 Å². The molecule has 3 N–H and O–H groups in total. The van der Waals surface area contributed by atoms with Crippen LogP contribution in [0.25, 0.3) is 0 Å². The highest BCUT2D eigenvalue weighted by Crippen LogP contribution is 2.22. The lowest BCUT2D eigenvalue weighted by Crippen LogP contribution is -2.50. The fourth-order valence-electron chi connectivity index (χ4n) is 2.97. The Balaban J connectivity index is 2.43. The van der Waals surface area contributed by atoms with E-state index in [-0.39, 0.29) is 6.61 Å². The second kappa shape index (κ2) is 8.86. The zero-order valence-electron chi connectivity index (χ0n) is 11.9. The first kappa shape index (κ1) is 15.9. The molecular weight excluding hydrogens is 228 g/mol. The Morgan fingerprint density at radius 2 is 2.00 bits per heavy atom. The van der Waals surface area contributed by atoms with Gasteiger partial charge in [-0.1, -0.05) is 13.8 Å². The highest BCUT2D eigenvalue weighted by molar-refractivity contribution is 4.83. The van der Waals surface area contributed by atoms with Crippen LogP contribution >= 0.6 is 0 Å². The van der Waals surface area contributed by atoms with Crippen LogP contribution in [0.4, 0.5) is 0 Å². The van der Waals surface area contributed by atoms with E-state index < -0.39 is 0 Å². The maximum atomic E-state index is 8.95. The molecular formula is C14H30N2O2. The maximum absolute atomic E-state index is 8.95. The fraction of sp³-hybridized carbons (Fsp3) is 1.00. The number of hydrogen-bond acceptors (Lipinski definition) is 4. The van der Waals surface area contributed by atoms with Crippen LogP contribution in [0.5, 0.6) is 0 Å². The first-order valence-corrected chi connectivity index (χ1v) is 7.33. The largest absolute Gasteiger partial charge is 0.396 e. The molecule has 1 aliphatic rings. The Hall–Kier alpha value is -0.160. The summed E-state index contributed by atoms with van der Waals surface area (Å²) < 4.78 is 0. The van der Waals surface area contributed by atoms with E-state index in [1.807, 2.05) is 0 Å². The van der Waals surface area contributed by atoms with Gasteiger partial charge in [-0.05, 0) is 31.1 Å². The molecule has 1 heterocycles. The lowest BCUT2D eigenvalue weighted by molar-refractivity contribution is 0.116. The molecule has 0 aromatic heterocycles. The molecule has 0 bridgehead atoms. The van der Waals surface area contributed by atoms with Crippen LogP contribution in [0.15, 0.2) is 0 Å². The second-order valence-electron chi connectivity index (χ2n) is 5.95. The average Bonchev–Trinajstić information content (AvgIpc) is 2.33. The highest BCUT2D eigenvalue weighted by Gasteiger charge is 2.26. The second-order valence-corrected chi connectivity index (χ2v) is 5.95. The summed E-state index contributed by atoms with van der Waals surface area (Å²) in [6.45, 7) is 9.11. The molecule has 1 aliphatic heterocycles. The van der Waals surface area contributed by atoms with Crippen LogP contribution in [0.2, 0.25) is 0 Å². The number of aliphatic hydroxyl groups is 2. The van der Waals surface area contributed by atoms with Gasteiger partial charge in [0.2, 0.25) is 0 Å². The molecule has 4 heteroatoms.